The molecule has 0 aliphatic rings. The normalized spacial score (nSPS) is 10.3. The molecule has 0 aliphatic heterocycles. The summed E-state index contributed by atoms with van der Waals surface area (Å²) in [5.74, 6) is 0.191. The Labute approximate surface area is 95.3 Å². The zero-order valence-electron chi connectivity index (χ0n) is 8.03. The molecule has 0 saturated carbocycles. The molecule has 0 bridgehead atoms. The van der Waals surface area contributed by atoms with Gasteiger partial charge in [-0.2, -0.15) is 0 Å². The number of halogens is 1. The summed E-state index contributed by atoms with van der Waals surface area (Å²) < 4.78 is 5.79. The minimum atomic E-state index is -0.133. The molecule has 0 radical (unpaired) electrons. The van der Waals surface area contributed by atoms with Gasteiger partial charge < -0.3 is 4.42 Å². The second kappa shape index (κ2) is 3.98. The Balaban J connectivity index is 2.46. The standard InChI is InChI=1S/C11H8BrNO2/c1-7-6-13-4-2-8(7)10(14)11-9(12)3-5-15-11/h2-6H,1H3. The molecule has 0 N–H and O–H groups in total. The van der Waals surface area contributed by atoms with Crippen LogP contribution in [0.5, 0.6) is 0 Å². The van der Waals surface area contributed by atoms with E-state index in [1.54, 1.807) is 24.5 Å². The zero-order valence-corrected chi connectivity index (χ0v) is 9.61. The minimum absolute atomic E-state index is 0.133. The molecule has 15 heavy (non-hydrogen) atoms. The fourth-order valence-corrected chi connectivity index (χ4v) is 1.69. The maximum absolute atomic E-state index is 12.0. The first-order valence-corrected chi connectivity index (χ1v) is 5.18. The number of aryl methyl sites for hydroxylation is 1. The first-order valence-electron chi connectivity index (χ1n) is 4.38. The molecule has 0 fully saturated rings. The predicted octanol–water partition coefficient (Wildman–Crippen LogP) is 2.98. The van der Waals surface area contributed by atoms with Gasteiger partial charge in [-0.25, -0.2) is 0 Å². The second-order valence-electron chi connectivity index (χ2n) is 3.12. The molecule has 0 amide bonds. The van der Waals surface area contributed by atoms with E-state index >= 15 is 0 Å². The van der Waals surface area contributed by atoms with Gasteiger partial charge in [0.1, 0.15) is 0 Å². The zero-order chi connectivity index (χ0) is 10.8. The Bertz CT molecular complexity index is 505. The monoisotopic (exact) mass is 265 g/mol. The maximum atomic E-state index is 12.0. The Morgan fingerprint density at radius 2 is 2.27 bits per heavy atom. The number of pyridine rings is 1. The molecule has 2 aromatic rings. The summed E-state index contributed by atoms with van der Waals surface area (Å²) in [4.78, 5) is 15.9. The summed E-state index contributed by atoms with van der Waals surface area (Å²) in [6, 6.07) is 3.39. The van der Waals surface area contributed by atoms with Gasteiger partial charge in [0, 0.05) is 18.0 Å². The van der Waals surface area contributed by atoms with Gasteiger partial charge in [0.2, 0.25) is 5.78 Å². The number of carbonyl (C=O) groups is 1. The number of ketones is 1. The predicted molar refractivity (Wildman–Crippen MR) is 58.8 cm³/mol. The van der Waals surface area contributed by atoms with Gasteiger partial charge in [0.25, 0.3) is 0 Å². The number of rotatable bonds is 2. The average Bonchev–Trinajstić information content (AvgIpc) is 2.64. The van der Waals surface area contributed by atoms with Crippen LogP contribution in [0.15, 0.2) is 39.7 Å². The Kier molecular flexibility index (Phi) is 2.68. The van der Waals surface area contributed by atoms with Crippen molar-refractivity contribution in [3.8, 4) is 0 Å². The van der Waals surface area contributed by atoms with E-state index in [4.69, 9.17) is 4.42 Å². The van der Waals surface area contributed by atoms with Crippen LogP contribution in [-0.4, -0.2) is 10.8 Å². The van der Waals surface area contributed by atoms with Crippen molar-refractivity contribution < 1.29 is 9.21 Å². The lowest BCUT2D eigenvalue weighted by Crippen LogP contribution is -2.03. The molecule has 0 aromatic carbocycles. The van der Waals surface area contributed by atoms with Gasteiger partial charge in [-0.15, -0.1) is 0 Å². The number of furan rings is 1. The van der Waals surface area contributed by atoms with Crippen LogP contribution in [0.1, 0.15) is 21.7 Å². The molecule has 0 aliphatic carbocycles. The molecule has 2 heterocycles. The van der Waals surface area contributed by atoms with Gasteiger partial charge in [-0.05, 0) is 40.5 Å². The summed E-state index contributed by atoms with van der Waals surface area (Å²) in [7, 11) is 0. The SMILES string of the molecule is Cc1cnccc1C(=O)c1occc1Br. The van der Waals surface area contributed by atoms with Crippen LogP contribution >= 0.6 is 15.9 Å². The van der Waals surface area contributed by atoms with Crippen molar-refractivity contribution in [3.05, 3.63) is 52.1 Å². The number of carbonyl (C=O) groups excluding carboxylic acids is 1. The van der Waals surface area contributed by atoms with Crippen molar-refractivity contribution in [1.29, 1.82) is 0 Å². The van der Waals surface area contributed by atoms with E-state index in [0.717, 1.165) is 5.56 Å². The van der Waals surface area contributed by atoms with E-state index in [1.807, 2.05) is 6.92 Å². The third-order valence-corrected chi connectivity index (χ3v) is 2.71. The van der Waals surface area contributed by atoms with Crippen LogP contribution in [-0.2, 0) is 0 Å². The molecule has 4 heteroatoms. The molecule has 0 atom stereocenters. The van der Waals surface area contributed by atoms with Gasteiger partial charge in [-0.1, -0.05) is 0 Å². The fourth-order valence-electron chi connectivity index (χ4n) is 1.31. The Hall–Kier alpha value is -1.42. The molecule has 0 saturated heterocycles. The van der Waals surface area contributed by atoms with Crippen LogP contribution in [0.2, 0.25) is 0 Å². The van der Waals surface area contributed by atoms with E-state index in [0.29, 0.717) is 15.8 Å². The highest BCUT2D eigenvalue weighted by atomic mass is 79.9. The van der Waals surface area contributed by atoms with E-state index in [2.05, 4.69) is 20.9 Å². The third kappa shape index (κ3) is 1.85. The smallest absolute Gasteiger partial charge is 0.229 e. The highest BCUT2D eigenvalue weighted by molar-refractivity contribution is 9.10. The van der Waals surface area contributed by atoms with E-state index in [9.17, 15) is 4.79 Å². The van der Waals surface area contributed by atoms with Crippen LogP contribution in [0, 0.1) is 6.92 Å². The lowest BCUT2D eigenvalue weighted by molar-refractivity contribution is 0.101. The van der Waals surface area contributed by atoms with Gasteiger partial charge >= 0.3 is 0 Å². The van der Waals surface area contributed by atoms with Crippen molar-refractivity contribution in [3.63, 3.8) is 0 Å². The molecule has 76 valence electrons. The number of hydrogen-bond donors (Lipinski definition) is 0. The molecular weight excluding hydrogens is 258 g/mol. The van der Waals surface area contributed by atoms with Crippen LogP contribution in [0.4, 0.5) is 0 Å². The first-order chi connectivity index (χ1) is 7.20. The van der Waals surface area contributed by atoms with Crippen LogP contribution in [0.25, 0.3) is 0 Å². The Morgan fingerprint density at radius 3 is 2.87 bits per heavy atom. The Morgan fingerprint density at radius 1 is 1.47 bits per heavy atom. The largest absolute Gasteiger partial charge is 0.460 e. The summed E-state index contributed by atoms with van der Waals surface area (Å²) in [6.07, 6.45) is 4.73. The molecule has 0 spiro atoms. The number of hydrogen-bond acceptors (Lipinski definition) is 3. The molecule has 0 unspecified atom stereocenters. The van der Waals surface area contributed by atoms with E-state index in [-0.39, 0.29) is 5.78 Å². The third-order valence-electron chi connectivity index (χ3n) is 2.09. The molecule has 3 nitrogen and oxygen atoms in total. The van der Waals surface area contributed by atoms with Gasteiger partial charge in [0.05, 0.1) is 10.7 Å². The number of nitrogens with zero attached hydrogens (tertiary/aromatic N) is 1. The fraction of sp³-hybridized carbons (Fsp3) is 0.0909. The summed E-state index contributed by atoms with van der Waals surface area (Å²) >= 11 is 3.26. The van der Waals surface area contributed by atoms with Crippen molar-refractivity contribution in [2.24, 2.45) is 0 Å². The second-order valence-corrected chi connectivity index (χ2v) is 3.97. The highest BCUT2D eigenvalue weighted by Gasteiger charge is 2.17. The van der Waals surface area contributed by atoms with Crippen LogP contribution < -0.4 is 0 Å². The average molecular weight is 266 g/mol. The molecule has 2 aromatic heterocycles. The van der Waals surface area contributed by atoms with Gasteiger partial charge in [-0.3, -0.25) is 9.78 Å². The van der Waals surface area contributed by atoms with Crippen molar-refractivity contribution in [1.82, 2.24) is 4.98 Å². The topological polar surface area (TPSA) is 43.1 Å². The maximum Gasteiger partial charge on any atom is 0.229 e. The van der Waals surface area contributed by atoms with Crippen LogP contribution in [0.3, 0.4) is 0 Å². The summed E-state index contributed by atoms with van der Waals surface area (Å²) in [6.45, 7) is 1.84. The van der Waals surface area contributed by atoms with Crippen molar-refractivity contribution in [2.45, 2.75) is 6.92 Å². The lowest BCUT2D eigenvalue weighted by Gasteiger charge is -2.01. The van der Waals surface area contributed by atoms with Crippen molar-refractivity contribution >= 4 is 21.7 Å². The molecular formula is C11H8BrNO2. The minimum Gasteiger partial charge on any atom is -0.460 e. The van der Waals surface area contributed by atoms with E-state index in [1.165, 1.54) is 6.26 Å². The molecule has 2 rings (SSSR count). The quantitative estimate of drug-likeness (QED) is 0.785. The summed E-state index contributed by atoms with van der Waals surface area (Å²) in [5, 5.41) is 0. The highest BCUT2D eigenvalue weighted by Crippen LogP contribution is 2.21. The van der Waals surface area contributed by atoms with Gasteiger partial charge in [0.15, 0.2) is 5.76 Å². The summed E-state index contributed by atoms with van der Waals surface area (Å²) in [5.41, 5.74) is 1.45. The first kappa shape index (κ1) is 10.1. The lowest BCUT2D eigenvalue weighted by atomic mass is 10.1. The number of aromatic nitrogens is 1. The van der Waals surface area contributed by atoms with Crippen molar-refractivity contribution in [2.75, 3.05) is 0 Å². The van der Waals surface area contributed by atoms with E-state index < -0.39 is 0 Å².